The molecule has 0 unspecified atom stereocenters. The number of rotatable bonds is 8. The van der Waals surface area contributed by atoms with Crippen molar-refractivity contribution in [1.29, 1.82) is 0 Å². The Morgan fingerprint density at radius 2 is 1.67 bits per heavy atom. The van der Waals surface area contributed by atoms with Gasteiger partial charge in [0.25, 0.3) is 5.92 Å². The van der Waals surface area contributed by atoms with E-state index in [1.54, 1.807) is 0 Å². The van der Waals surface area contributed by atoms with Crippen LogP contribution in [0.1, 0.15) is 26.2 Å². The molecule has 0 aromatic carbocycles. The van der Waals surface area contributed by atoms with Crippen molar-refractivity contribution in [2.75, 3.05) is 19.6 Å². The van der Waals surface area contributed by atoms with Crippen molar-refractivity contribution in [3.05, 3.63) is 0 Å². The molecule has 0 radical (unpaired) electrons. The first-order chi connectivity index (χ1) is 7.91. The standard InChI is InChI=1S/C10H19F2N3O2.ClH/c1-2-5-14-8(16)3-4-9(17)15-7-10(11,12)6-13;/h2-7,13H2,1H3,(H,14,16)(H,15,17);1H. The number of nitrogens with one attached hydrogen (secondary N) is 2. The first kappa shape index (κ1) is 19.4. The smallest absolute Gasteiger partial charge is 0.277 e. The number of alkyl halides is 2. The van der Waals surface area contributed by atoms with Crippen LogP contribution in [-0.2, 0) is 9.59 Å². The molecule has 8 heteroatoms. The maximum absolute atomic E-state index is 12.7. The molecule has 2 amide bonds. The number of hydrogen-bond donors (Lipinski definition) is 3. The van der Waals surface area contributed by atoms with Crippen molar-refractivity contribution in [3.63, 3.8) is 0 Å². The maximum atomic E-state index is 12.7. The van der Waals surface area contributed by atoms with Gasteiger partial charge in [-0.25, -0.2) is 8.78 Å². The molecule has 0 atom stereocenters. The van der Waals surface area contributed by atoms with E-state index in [1.807, 2.05) is 12.2 Å². The van der Waals surface area contributed by atoms with Gasteiger partial charge in [-0.2, -0.15) is 0 Å². The van der Waals surface area contributed by atoms with Crippen LogP contribution in [-0.4, -0.2) is 37.4 Å². The molecule has 5 nitrogen and oxygen atoms in total. The summed E-state index contributed by atoms with van der Waals surface area (Å²) in [5.41, 5.74) is 4.80. The SMILES string of the molecule is CCCNC(=O)CCC(=O)NCC(F)(F)CN.Cl. The lowest BCUT2D eigenvalue weighted by atomic mass is 10.2. The fourth-order valence-corrected chi connectivity index (χ4v) is 0.968. The van der Waals surface area contributed by atoms with Crippen LogP contribution in [0.4, 0.5) is 8.78 Å². The Bertz CT molecular complexity index is 266. The molecule has 0 aromatic heterocycles. The second-order valence-corrected chi connectivity index (χ2v) is 3.69. The molecule has 4 N–H and O–H groups in total. The first-order valence-corrected chi connectivity index (χ1v) is 5.52. The predicted octanol–water partition coefficient (Wildman–Crippen LogP) is 0.425. The van der Waals surface area contributed by atoms with Crippen LogP contribution in [0.25, 0.3) is 0 Å². The summed E-state index contributed by atoms with van der Waals surface area (Å²) in [5.74, 6) is -3.93. The quantitative estimate of drug-likeness (QED) is 0.605. The number of hydrogen-bond acceptors (Lipinski definition) is 3. The minimum atomic E-state index is -3.10. The Morgan fingerprint density at radius 1 is 1.17 bits per heavy atom. The zero-order valence-electron chi connectivity index (χ0n) is 10.3. The van der Waals surface area contributed by atoms with Gasteiger partial charge in [0.15, 0.2) is 0 Å². The van der Waals surface area contributed by atoms with Crippen LogP contribution in [0.3, 0.4) is 0 Å². The summed E-state index contributed by atoms with van der Waals surface area (Å²) in [6.07, 6.45) is 0.705. The van der Waals surface area contributed by atoms with Crippen molar-refractivity contribution in [1.82, 2.24) is 10.6 Å². The summed E-state index contributed by atoms with van der Waals surface area (Å²) in [7, 11) is 0. The maximum Gasteiger partial charge on any atom is 0.277 e. The van der Waals surface area contributed by atoms with E-state index in [-0.39, 0.29) is 31.2 Å². The molecule has 0 saturated heterocycles. The van der Waals surface area contributed by atoms with E-state index in [0.717, 1.165) is 6.42 Å². The van der Waals surface area contributed by atoms with Crippen LogP contribution in [0.15, 0.2) is 0 Å². The fourth-order valence-electron chi connectivity index (χ4n) is 0.968. The van der Waals surface area contributed by atoms with Gasteiger partial charge in [-0.05, 0) is 6.42 Å². The number of nitrogens with two attached hydrogens (primary N) is 1. The Labute approximate surface area is 111 Å². The Hall–Kier alpha value is -0.950. The average Bonchev–Trinajstić information content (AvgIpc) is 2.31. The van der Waals surface area contributed by atoms with E-state index in [4.69, 9.17) is 5.73 Å². The lowest BCUT2D eigenvalue weighted by molar-refractivity contribution is -0.127. The van der Waals surface area contributed by atoms with E-state index >= 15 is 0 Å². The zero-order valence-corrected chi connectivity index (χ0v) is 11.1. The van der Waals surface area contributed by atoms with Gasteiger partial charge >= 0.3 is 0 Å². The summed E-state index contributed by atoms with van der Waals surface area (Å²) < 4.78 is 25.3. The highest BCUT2D eigenvalue weighted by Crippen LogP contribution is 2.08. The topological polar surface area (TPSA) is 84.2 Å². The van der Waals surface area contributed by atoms with E-state index in [1.165, 1.54) is 0 Å². The highest BCUT2D eigenvalue weighted by atomic mass is 35.5. The Morgan fingerprint density at radius 3 is 2.11 bits per heavy atom. The first-order valence-electron chi connectivity index (χ1n) is 5.52. The van der Waals surface area contributed by atoms with Gasteiger partial charge in [-0.15, -0.1) is 12.4 Å². The molecule has 0 heterocycles. The normalized spacial score (nSPS) is 10.4. The summed E-state index contributed by atoms with van der Waals surface area (Å²) >= 11 is 0. The third kappa shape index (κ3) is 10.2. The predicted molar refractivity (Wildman–Crippen MR) is 66.8 cm³/mol. The Balaban J connectivity index is 0. The van der Waals surface area contributed by atoms with E-state index in [9.17, 15) is 18.4 Å². The number of carbonyl (C=O) groups excluding carboxylic acids is 2. The third-order valence-corrected chi connectivity index (χ3v) is 1.99. The molecule has 0 rings (SSSR count). The van der Waals surface area contributed by atoms with Crippen LogP contribution >= 0.6 is 12.4 Å². The number of carbonyl (C=O) groups is 2. The van der Waals surface area contributed by atoms with Crippen LogP contribution in [0, 0.1) is 0 Å². The van der Waals surface area contributed by atoms with Crippen molar-refractivity contribution < 1.29 is 18.4 Å². The lowest BCUT2D eigenvalue weighted by Crippen LogP contribution is -2.41. The van der Waals surface area contributed by atoms with Crippen LogP contribution in [0.5, 0.6) is 0 Å². The number of halogens is 3. The molecule has 0 saturated carbocycles. The molecule has 0 aliphatic carbocycles. The molecule has 0 bridgehead atoms. The summed E-state index contributed by atoms with van der Waals surface area (Å²) in [4.78, 5) is 22.2. The molecule has 0 fully saturated rings. The van der Waals surface area contributed by atoms with E-state index in [0.29, 0.717) is 6.54 Å². The highest BCUT2D eigenvalue weighted by molar-refractivity contribution is 5.85. The van der Waals surface area contributed by atoms with Gasteiger partial charge in [-0.1, -0.05) is 6.92 Å². The molecular weight excluding hydrogens is 268 g/mol. The van der Waals surface area contributed by atoms with Crippen LogP contribution in [0.2, 0.25) is 0 Å². The average molecular weight is 288 g/mol. The minimum Gasteiger partial charge on any atom is -0.356 e. The second kappa shape index (κ2) is 10.0. The molecule has 0 aromatic rings. The summed E-state index contributed by atoms with van der Waals surface area (Å²) in [5, 5.41) is 4.62. The van der Waals surface area contributed by atoms with Crippen molar-refractivity contribution in [3.8, 4) is 0 Å². The van der Waals surface area contributed by atoms with Crippen LogP contribution < -0.4 is 16.4 Å². The molecule has 0 aliphatic rings. The van der Waals surface area contributed by atoms with E-state index in [2.05, 4.69) is 5.32 Å². The van der Waals surface area contributed by atoms with Gasteiger partial charge in [0.2, 0.25) is 11.8 Å². The minimum absolute atomic E-state index is 0. The van der Waals surface area contributed by atoms with E-state index < -0.39 is 24.9 Å². The largest absolute Gasteiger partial charge is 0.356 e. The lowest BCUT2D eigenvalue weighted by Gasteiger charge is -2.14. The molecule has 0 aliphatic heterocycles. The molecule has 0 spiro atoms. The summed E-state index contributed by atoms with van der Waals surface area (Å²) in [6.45, 7) is 0.844. The highest BCUT2D eigenvalue weighted by Gasteiger charge is 2.27. The molecule has 108 valence electrons. The summed E-state index contributed by atoms with van der Waals surface area (Å²) in [6, 6.07) is 0. The zero-order chi connectivity index (χ0) is 13.3. The third-order valence-electron chi connectivity index (χ3n) is 1.99. The number of amides is 2. The van der Waals surface area contributed by atoms with Gasteiger partial charge in [0.1, 0.15) is 0 Å². The molecular formula is C10H20ClF2N3O2. The molecule has 18 heavy (non-hydrogen) atoms. The fraction of sp³-hybridized carbons (Fsp3) is 0.800. The Kier molecular flexibility index (Phi) is 10.8. The van der Waals surface area contributed by atoms with Gasteiger partial charge < -0.3 is 16.4 Å². The van der Waals surface area contributed by atoms with Crippen molar-refractivity contribution >= 4 is 24.2 Å². The second-order valence-electron chi connectivity index (χ2n) is 3.69. The van der Waals surface area contributed by atoms with Gasteiger partial charge in [0.05, 0.1) is 13.1 Å². The van der Waals surface area contributed by atoms with Crippen molar-refractivity contribution in [2.45, 2.75) is 32.1 Å². The van der Waals surface area contributed by atoms with Gasteiger partial charge in [0, 0.05) is 19.4 Å². The monoisotopic (exact) mass is 287 g/mol. The van der Waals surface area contributed by atoms with Gasteiger partial charge in [-0.3, -0.25) is 9.59 Å². The van der Waals surface area contributed by atoms with Crippen molar-refractivity contribution in [2.24, 2.45) is 5.73 Å².